The van der Waals surface area contributed by atoms with Crippen LogP contribution in [-0.4, -0.2) is 27.5 Å². The number of nitrogens with two attached hydrogens (primary N) is 1. The number of nitrogens with one attached hydrogen (secondary N) is 2. The van der Waals surface area contributed by atoms with Gasteiger partial charge in [0.15, 0.2) is 5.96 Å². The Morgan fingerprint density at radius 1 is 1.16 bits per heavy atom. The minimum absolute atomic E-state index is 0.0983. The predicted molar refractivity (Wildman–Crippen MR) is 97.7 cm³/mol. The molecule has 1 aromatic carbocycles. The molecule has 4 N–H and O–H groups in total. The molecule has 0 spiro atoms. The fraction of sp³-hybridized carbons (Fsp3) is 0.353. The van der Waals surface area contributed by atoms with Gasteiger partial charge < -0.3 is 15.1 Å². The number of hydrogen-bond donors (Lipinski definition) is 3. The maximum Gasteiger partial charge on any atom is 0.238 e. The molecule has 0 radical (unpaired) electrons. The Morgan fingerprint density at radius 3 is 2.48 bits per heavy atom. The van der Waals surface area contributed by atoms with Crippen molar-refractivity contribution in [3.05, 3.63) is 54.0 Å². The highest BCUT2D eigenvalue weighted by Gasteiger charge is 2.06. The standard InChI is InChI=1S/C17H24N4O3S/c1-2-10-19-17(20-11-9-15-4-3-12-24-15)21-13-14-5-7-16(8-6-14)25(18,22)23/h3-8,12H,2,9-11,13H2,1H3,(H2,18,22,23)(H2,19,20,21). The van der Waals surface area contributed by atoms with Crippen molar-refractivity contribution in [3.8, 4) is 0 Å². The van der Waals surface area contributed by atoms with Crippen LogP contribution in [0.15, 0.2) is 57.0 Å². The Labute approximate surface area is 148 Å². The van der Waals surface area contributed by atoms with Crippen LogP contribution in [0.4, 0.5) is 0 Å². The van der Waals surface area contributed by atoms with Gasteiger partial charge in [0.2, 0.25) is 10.0 Å². The first-order valence-corrected chi connectivity index (χ1v) is 9.70. The van der Waals surface area contributed by atoms with Gasteiger partial charge >= 0.3 is 0 Å². The van der Waals surface area contributed by atoms with Gasteiger partial charge in [-0.05, 0) is 36.2 Å². The number of sulfonamides is 1. The lowest BCUT2D eigenvalue weighted by atomic mass is 10.2. The average Bonchev–Trinajstić information content (AvgIpc) is 3.10. The lowest BCUT2D eigenvalue weighted by Gasteiger charge is -2.11. The smallest absolute Gasteiger partial charge is 0.238 e. The van der Waals surface area contributed by atoms with Crippen LogP contribution in [0.3, 0.4) is 0 Å². The molecule has 0 amide bonds. The number of nitrogens with zero attached hydrogens (tertiary/aromatic N) is 1. The molecule has 0 atom stereocenters. The number of rotatable bonds is 8. The second-order valence-electron chi connectivity index (χ2n) is 5.54. The zero-order valence-electron chi connectivity index (χ0n) is 14.2. The van der Waals surface area contributed by atoms with Gasteiger partial charge in [-0.2, -0.15) is 0 Å². The van der Waals surface area contributed by atoms with Crippen molar-refractivity contribution in [2.75, 3.05) is 13.1 Å². The Bertz CT molecular complexity index is 769. The van der Waals surface area contributed by atoms with E-state index in [-0.39, 0.29) is 4.90 Å². The van der Waals surface area contributed by atoms with Crippen LogP contribution in [0.5, 0.6) is 0 Å². The predicted octanol–water partition coefficient (Wildman–Crippen LogP) is 1.61. The molecule has 0 aliphatic rings. The molecule has 0 saturated heterocycles. The Kier molecular flexibility index (Phi) is 7.03. The van der Waals surface area contributed by atoms with E-state index in [1.54, 1.807) is 18.4 Å². The summed E-state index contributed by atoms with van der Waals surface area (Å²) in [7, 11) is -3.67. The number of primary sulfonamides is 1. The molecule has 8 heteroatoms. The highest BCUT2D eigenvalue weighted by Crippen LogP contribution is 2.09. The molecule has 1 heterocycles. The van der Waals surface area contributed by atoms with Crippen LogP contribution in [0.1, 0.15) is 24.7 Å². The van der Waals surface area contributed by atoms with Gasteiger partial charge in [0, 0.05) is 19.5 Å². The molecule has 0 aliphatic carbocycles. The van der Waals surface area contributed by atoms with Crippen molar-refractivity contribution in [2.24, 2.45) is 10.1 Å². The highest BCUT2D eigenvalue weighted by molar-refractivity contribution is 7.89. The van der Waals surface area contributed by atoms with Crippen LogP contribution in [0.25, 0.3) is 0 Å². The summed E-state index contributed by atoms with van der Waals surface area (Å²) < 4.78 is 27.8. The monoisotopic (exact) mass is 364 g/mol. The van der Waals surface area contributed by atoms with Gasteiger partial charge in [0.1, 0.15) is 5.76 Å². The molecule has 136 valence electrons. The minimum Gasteiger partial charge on any atom is -0.469 e. The van der Waals surface area contributed by atoms with Gasteiger partial charge in [-0.1, -0.05) is 19.1 Å². The second-order valence-corrected chi connectivity index (χ2v) is 7.10. The summed E-state index contributed by atoms with van der Waals surface area (Å²) in [6.45, 7) is 4.04. The van der Waals surface area contributed by atoms with Gasteiger partial charge in [-0.15, -0.1) is 0 Å². The molecule has 0 bridgehead atoms. The number of guanidine groups is 1. The topological polar surface area (TPSA) is 110 Å². The van der Waals surface area contributed by atoms with E-state index < -0.39 is 10.0 Å². The molecular formula is C17H24N4O3S. The normalized spacial score (nSPS) is 12.2. The fourth-order valence-electron chi connectivity index (χ4n) is 2.13. The Morgan fingerprint density at radius 2 is 1.88 bits per heavy atom. The average molecular weight is 364 g/mol. The van der Waals surface area contributed by atoms with Crippen molar-refractivity contribution >= 4 is 16.0 Å². The molecular weight excluding hydrogens is 340 g/mol. The fourth-order valence-corrected chi connectivity index (χ4v) is 2.65. The third kappa shape index (κ3) is 6.60. The van der Waals surface area contributed by atoms with Gasteiger partial charge in [0.25, 0.3) is 0 Å². The molecule has 1 aromatic heterocycles. The molecule has 7 nitrogen and oxygen atoms in total. The van der Waals surface area contributed by atoms with E-state index in [2.05, 4.69) is 22.5 Å². The summed E-state index contributed by atoms with van der Waals surface area (Å²) in [6.07, 6.45) is 3.41. The number of benzene rings is 1. The van der Waals surface area contributed by atoms with Crippen LogP contribution >= 0.6 is 0 Å². The van der Waals surface area contributed by atoms with E-state index in [4.69, 9.17) is 9.56 Å². The van der Waals surface area contributed by atoms with Gasteiger partial charge in [-0.25, -0.2) is 18.5 Å². The molecule has 0 aliphatic heterocycles. The quantitative estimate of drug-likeness (QED) is 0.487. The maximum atomic E-state index is 11.3. The summed E-state index contributed by atoms with van der Waals surface area (Å²) in [5.74, 6) is 1.63. The highest BCUT2D eigenvalue weighted by atomic mass is 32.2. The van der Waals surface area contributed by atoms with Gasteiger partial charge in [0.05, 0.1) is 17.7 Å². The first-order valence-electron chi connectivity index (χ1n) is 8.15. The summed E-state index contributed by atoms with van der Waals surface area (Å²) in [6, 6.07) is 10.2. The molecule has 0 fully saturated rings. The van der Waals surface area contributed by atoms with Crippen molar-refractivity contribution in [1.82, 2.24) is 10.6 Å². The van der Waals surface area contributed by atoms with Crippen LogP contribution in [0.2, 0.25) is 0 Å². The van der Waals surface area contributed by atoms with Crippen molar-refractivity contribution in [2.45, 2.75) is 31.2 Å². The summed E-state index contributed by atoms with van der Waals surface area (Å²) in [5, 5.41) is 11.6. The third-order valence-corrected chi connectivity index (χ3v) is 4.39. The largest absolute Gasteiger partial charge is 0.469 e. The lowest BCUT2D eigenvalue weighted by Crippen LogP contribution is -2.38. The summed E-state index contributed by atoms with van der Waals surface area (Å²) in [4.78, 5) is 4.62. The Hall–Kier alpha value is -2.32. The van der Waals surface area contributed by atoms with E-state index in [1.165, 1.54) is 12.1 Å². The first-order chi connectivity index (χ1) is 12.0. The van der Waals surface area contributed by atoms with E-state index in [9.17, 15) is 8.42 Å². The maximum absolute atomic E-state index is 11.3. The van der Waals surface area contributed by atoms with E-state index >= 15 is 0 Å². The number of aliphatic imine (C=N–C) groups is 1. The Balaban J connectivity index is 1.93. The summed E-state index contributed by atoms with van der Waals surface area (Å²) in [5.41, 5.74) is 0.899. The van der Waals surface area contributed by atoms with E-state index in [1.807, 2.05) is 12.1 Å². The SMILES string of the molecule is CCCNC(=NCc1ccc(S(N)(=O)=O)cc1)NCCc1ccco1. The third-order valence-electron chi connectivity index (χ3n) is 3.46. The second kappa shape index (κ2) is 9.24. The zero-order valence-corrected chi connectivity index (χ0v) is 15.1. The number of hydrogen-bond acceptors (Lipinski definition) is 4. The molecule has 2 rings (SSSR count). The minimum atomic E-state index is -3.67. The molecule has 25 heavy (non-hydrogen) atoms. The molecule has 2 aromatic rings. The molecule has 0 unspecified atom stereocenters. The van der Waals surface area contributed by atoms with Crippen LogP contribution in [-0.2, 0) is 23.0 Å². The van der Waals surface area contributed by atoms with Gasteiger partial charge in [-0.3, -0.25) is 0 Å². The van der Waals surface area contributed by atoms with Crippen LogP contribution in [0, 0.1) is 0 Å². The van der Waals surface area contributed by atoms with Crippen molar-refractivity contribution in [3.63, 3.8) is 0 Å². The number of furan rings is 1. The van der Waals surface area contributed by atoms with Crippen LogP contribution < -0.4 is 15.8 Å². The van der Waals surface area contributed by atoms with E-state index in [0.717, 1.165) is 30.7 Å². The summed E-state index contributed by atoms with van der Waals surface area (Å²) >= 11 is 0. The zero-order chi connectivity index (χ0) is 18.1. The lowest BCUT2D eigenvalue weighted by molar-refractivity contribution is 0.506. The van der Waals surface area contributed by atoms with Crippen molar-refractivity contribution < 1.29 is 12.8 Å². The van der Waals surface area contributed by atoms with Crippen molar-refractivity contribution in [1.29, 1.82) is 0 Å². The molecule has 0 saturated carbocycles. The first kappa shape index (κ1) is 19.0. The van der Waals surface area contributed by atoms with E-state index in [0.29, 0.717) is 19.0 Å².